The summed E-state index contributed by atoms with van der Waals surface area (Å²) in [6.07, 6.45) is 0. The van der Waals surface area contributed by atoms with E-state index in [0.717, 1.165) is 5.56 Å². The van der Waals surface area contributed by atoms with Crippen LogP contribution in [0.15, 0.2) is 24.3 Å². The summed E-state index contributed by atoms with van der Waals surface area (Å²) in [5.41, 5.74) is 0.225. The first-order valence-electron chi connectivity index (χ1n) is 6.20. The van der Waals surface area contributed by atoms with Gasteiger partial charge < -0.3 is 10.1 Å². The molecule has 0 saturated carbocycles. The molecule has 0 aromatic heterocycles. The van der Waals surface area contributed by atoms with Gasteiger partial charge in [-0.15, -0.1) is 0 Å². The fourth-order valence-electron chi connectivity index (χ4n) is 2.48. The summed E-state index contributed by atoms with van der Waals surface area (Å²) in [6, 6.07) is 5.69. The SMILES string of the molecule is CC1(C)CS(=O)(=O)CC(c2ccc(OC(F)F)cc2)N1. The molecule has 1 aromatic rings. The molecule has 7 heteroatoms. The van der Waals surface area contributed by atoms with Crippen molar-refractivity contribution in [1.82, 2.24) is 5.32 Å². The predicted molar refractivity (Wildman–Crippen MR) is 71.7 cm³/mol. The maximum atomic E-state index is 12.1. The number of hydrogen-bond acceptors (Lipinski definition) is 4. The van der Waals surface area contributed by atoms with Crippen LogP contribution in [0, 0.1) is 0 Å². The van der Waals surface area contributed by atoms with Gasteiger partial charge in [0.25, 0.3) is 0 Å². The summed E-state index contributed by atoms with van der Waals surface area (Å²) in [4.78, 5) is 0. The Labute approximate surface area is 117 Å². The van der Waals surface area contributed by atoms with E-state index in [9.17, 15) is 17.2 Å². The van der Waals surface area contributed by atoms with Gasteiger partial charge in [-0.1, -0.05) is 12.1 Å². The third-order valence-electron chi connectivity index (χ3n) is 3.07. The van der Waals surface area contributed by atoms with Crippen molar-refractivity contribution >= 4 is 9.84 Å². The molecule has 1 unspecified atom stereocenters. The molecular weight excluding hydrogens is 288 g/mol. The second-order valence-electron chi connectivity index (χ2n) is 5.58. The van der Waals surface area contributed by atoms with Crippen LogP contribution in [0.5, 0.6) is 5.75 Å². The number of alkyl halides is 2. The Balaban J connectivity index is 2.19. The molecule has 4 nitrogen and oxygen atoms in total. The molecule has 1 saturated heterocycles. The van der Waals surface area contributed by atoms with Crippen molar-refractivity contribution in [3.63, 3.8) is 0 Å². The van der Waals surface area contributed by atoms with Crippen molar-refractivity contribution in [2.75, 3.05) is 11.5 Å². The molecule has 0 amide bonds. The smallest absolute Gasteiger partial charge is 0.387 e. The number of nitrogens with one attached hydrogen (secondary N) is 1. The Bertz CT molecular complexity index is 570. The van der Waals surface area contributed by atoms with Gasteiger partial charge in [-0.2, -0.15) is 8.78 Å². The maximum Gasteiger partial charge on any atom is 0.387 e. The summed E-state index contributed by atoms with van der Waals surface area (Å²) in [5.74, 6) is 0.149. The van der Waals surface area contributed by atoms with Gasteiger partial charge in [0, 0.05) is 11.6 Å². The zero-order valence-electron chi connectivity index (χ0n) is 11.3. The lowest BCUT2D eigenvalue weighted by Crippen LogP contribution is -2.54. The van der Waals surface area contributed by atoms with Crippen LogP contribution in [0.2, 0.25) is 0 Å². The van der Waals surface area contributed by atoms with E-state index in [1.807, 2.05) is 13.8 Å². The Morgan fingerprint density at radius 1 is 1.30 bits per heavy atom. The zero-order valence-corrected chi connectivity index (χ0v) is 12.1. The summed E-state index contributed by atoms with van der Waals surface area (Å²) in [7, 11) is -3.13. The minimum Gasteiger partial charge on any atom is -0.435 e. The first-order chi connectivity index (χ1) is 9.17. The Kier molecular flexibility index (Phi) is 4.02. The molecule has 0 bridgehead atoms. The van der Waals surface area contributed by atoms with Crippen LogP contribution in [0.25, 0.3) is 0 Å². The maximum absolute atomic E-state index is 12.1. The molecule has 1 N–H and O–H groups in total. The van der Waals surface area contributed by atoms with E-state index in [2.05, 4.69) is 10.1 Å². The monoisotopic (exact) mass is 305 g/mol. The van der Waals surface area contributed by atoms with Crippen LogP contribution in [0.1, 0.15) is 25.5 Å². The van der Waals surface area contributed by atoms with Gasteiger partial charge >= 0.3 is 6.61 Å². The highest BCUT2D eigenvalue weighted by Crippen LogP contribution is 2.27. The van der Waals surface area contributed by atoms with Gasteiger partial charge in [0.2, 0.25) is 0 Å². The topological polar surface area (TPSA) is 55.4 Å². The van der Waals surface area contributed by atoms with Crippen molar-refractivity contribution in [2.45, 2.75) is 32.0 Å². The highest BCUT2D eigenvalue weighted by molar-refractivity contribution is 7.91. The van der Waals surface area contributed by atoms with E-state index >= 15 is 0 Å². The van der Waals surface area contributed by atoms with Crippen LogP contribution in [-0.4, -0.2) is 32.1 Å². The minimum absolute atomic E-state index is 0.00544. The summed E-state index contributed by atoms with van der Waals surface area (Å²) in [6.45, 7) is 0.781. The largest absolute Gasteiger partial charge is 0.435 e. The molecule has 1 fully saturated rings. The van der Waals surface area contributed by atoms with Crippen LogP contribution in [0.3, 0.4) is 0 Å². The van der Waals surface area contributed by atoms with Crippen LogP contribution in [0.4, 0.5) is 8.78 Å². The number of rotatable bonds is 3. The number of hydrogen-bond donors (Lipinski definition) is 1. The summed E-state index contributed by atoms with van der Waals surface area (Å²) in [5, 5.41) is 3.26. The van der Waals surface area contributed by atoms with Crippen LogP contribution >= 0.6 is 0 Å². The first-order valence-corrected chi connectivity index (χ1v) is 8.02. The fourth-order valence-corrected chi connectivity index (χ4v) is 4.56. The highest BCUT2D eigenvalue weighted by Gasteiger charge is 2.36. The molecule has 1 aliphatic rings. The molecule has 1 heterocycles. The molecule has 0 aliphatic carbocycles. The average molecular weight is 305 g/mol. The molecule has 112 valence electrons. The van der Waals surface area contributed by atoms with Crippen molar-refractivity contribution in [3.05, 3.63) is 29.8 Å². The average Bonchev–Trinajstić information content (AvgIpc) is 2.24. The van der Waals surface area contributed by atoms with Gasteiger partial charge in [0.05, 0.1) is 11.5 Å². The molecule has 1 atom stereocenters. The van der Waals surface area contributed by atoms with Gasteiger partial charge in [0.1, 0.15) is 5.75 Å². The van der Waals surface area contributed by atoms with Gasteiger partial charge in [0.15, 0.2) is 9.84 Å². The first kappa shape index (κ1) is 15.2. The molecule has 1 aromatic carbocycles. The quantitative estimate of drug-likeness (QED) is 0.929. The number of halogens is 2. The van der Waals surface area contributed by atoms with Gasteiger partial charge in [-0.25, -0.2) is 8.42 Å². The Morgan fingerprint density at radius 3 is 2.40 bits per heavy atom. The van der Waals surface area contributed by atoms with Crippen molar-refractivity contribution < 1.29 is 21.9 Å². The summed E-state index contributed by atoms with van der Waals surface area (Å²) < 4.78 is 52.2. The fraction of sp³-hybridized carbons (Fsp3) is 0.538. The Morgan fingerprint density at radius 2 is 1.90 bits per heavy atom. The van der Waals surface area contributed by atoms with E-state index in [0.29, 0.717) is 0 Å². The van der Waals surface area contributed by atoms with E-state index in [-0.39, 0.29) is 23.3 Å². The predicted octanol–water partition coefficient (Wildman–Crippen LogP) is 2.13. The van der Waals surface area contributed by atoms with E-state index in [1.54, 1.807) is 12.1 Å². The number of sulfone groups is 1. The van der Waals surface area contributed by atoms with Crippen molar-refractivity contribution in [1.29, 1.82) is 0 Å². The van der Waals surface area contributed by atoms with Gasteiger partial charge in [-0.05, 0) is 31.5 Å². The van der Waals surface area contributed by atoms with E-state index < -0.39 is 22.0 Å². The molecule has 2 rings (SSSR count). The third-order valence-corrected chi connectivity index (χ3v) is 5.08. The molecule has 0 spiro atoms. The Hall–Kier alpha value is -1.21. The number of benzene rings is 1. The lowest BCUT2D eigenvalue weighted by Gasteiger charge is -2.37. The number of ether oxygens (including phenoxy) is 1. The molecule has 0 radical (unpaired) electrons. The minimum atomic E-state index is -3.13. The van der Waals surface area contributed by atoms with Crippen molar-refractivity contribution in [2.24, 2.45) is 0 Å². The summed E-state index contributed by atoms with van der Waals surface area (Å²) >= 11 is 0. The lowest BCUT2D eigenvalue weighted by atomic mass is 10.0. The second kappa shape index (κ2) is 5.29. The van der Waals surface area contributed by atoms with E-state index in [1.165, 1.54) is 12.1 Å². The normalized spacial score (nSPS) is 24.6. The lowest BCUT2D eigenvalue weighted by molar-refractivity contribution is -0.0498. The van der Waals surface area contributed by atoms with Crippen LogP contribution < -0.4 is 10.1 Å². The standard InChI is InChI=1S/C13H17F2NO3S/c1-13(2)8-20(17,18)7-11(16-13)9-3-5-10(6-4-9)19-12(14)15/h3-6,11-12,16H,7-8H2,1-2H3. The molecular formula is C13H17F2NO3S. The van der Waals surface area contributed by atoms with Crippen molar-refractivity contribution in [3.8, 4) is 5.75 Å². The molecule has 1 aliphatic heterocycles. The van der Waals surface area contributed by atoms with Gasteiger partial charge in [-0.3, -0.25) is 0 Å². The third kappa shape index (κ3) is 3.89. The highest BCUT2D eigenvalue weighted by atomic mass is 32.2. The second-order valence-corrected chi connectivity index (χ2v) is 7.69. The van der Waals surface area contributed by atoms with Crippen LogP contribution in [-0.2, 0) is 9.84 Å². The zero-order chi connectivity index (χ0) is 15.0. The van der Waals surface area contributed by atoms with E-state index in [4.69, 9.17) is 0 Å². The molecule has 20 heavy (non-hydrogen) atoms.